The molecule has 1 rings (SSSR count). The molecule has 1 aromatic carbocycles. The summed E-state index contributed by atoms with van der Waals surface area (Å²) in [7, 11) is 1.20. The number of nitrogens with one attached hydrogen (secondary N) is 2. The van der Waals surface area contributed by atoms with Crippen LogP contribution in [0.4, 0.5) is 4.79 Å². The van der Waals surface area contributed by atoms with Gasteiger partial charge in [-0.2, -0.15) is 0 Å². The fourth-order valence-electron chi connectivity index (χ4n) is 3.49. The number of alkyl carbamates (subject to hydrolysis) is 1. The maximum Gasteiger partial charge on any atom is 0.408 e. The van der Waals surface area contributed by atoms with Crippen LogP contribution in [0.2, 0.25) is 0 Å². The lowest BCUT2D eigenvalue weighted by Gasteiger charge is -2.37. The van der Waals surface area contributed by atoms with Crippen molar-refractivity contribution in [1.82, 2.24) is 15.5 Å². The van der Waals surface area contributed by atoms with Crippen molar-refractivity contribution in [2.75, 3.05) is 13.7 Å². The number of nitrogens with zero attached hydrogens (tertiary/aromatic N) is 1. The second-order valence-corrected chi connectivity index (χ2v) is 9.60. The largest absolute Gasteiger partial charge is 0.468 e. The Kier molecular flexibility index (Phi) is 11.4. The first-order valence-electron chi connectivity index (χ1n) is 11.7. The first kappa shape index (κ1) is 30.4. The molecule has 0 aliphatic rings. The van der Waals surface area contributed by atoms with Crippen LogP contribution in [0, 0.1) is 6.92 Å². The lowest BCUT2D eigenvalue weighted by atomic mass is 9.96. The zero-order valence-corrected chi connectivity index (χ0v) is 22.0. The van der Waals surface area contributed by atoms with Crippen LogP contribution in [0.25, 0.3) is 0 Å². The zero-order chi connectivity index (χ0) is 27.6. The Balaban J connectivity index is 3.47. The highest BCUT2D eigenvalue weighted by Gasteiger charge is 2.38. The molecule has 0 radical (unpaired) electrons. The number of rotatable bonds is 11. The molecule has 36 heavy (non-hydrogen) atoms. The number of carbonyl (C=O) groups is 5. The van der Waals surface area contributed by atoms with E-state index in [1.807, 2.05) is 0 Å². The number of hydrogen-bond donors (Lipinski definition) is 3. The van der Waals surface area contributed by atoms with Crippen LogP contribution in [0.5, 0.6) is 0 Å². The van der Waals surface area contributed by atoms with Crippen LogP contribution in [-0.2, 0) is 28.7 Å². The topological polar surface area (TPSA) is 157 Å². The molecule has 0 saturated carbocycles. The fraction of sp³-hybridized carbons (Fsp3) is 0.560. The maximum absolute atomic E-state index is 13.9. The minimum atomic E-state index is -1.20. The van der Waals surface area contributed by atoms with Crippen molar-refractivity contribution in [2.45, 2.75) is 78.1 Å². The Bertz CT molecular complexity index is 956. The van der Waals surface area contributed by atoms with Gasteiger partial charge in [-0.05, 0) is 59.1 Å². The fourth-order valence-corrected chi connectivity index (χ4v) is 3.49. The zero-order valence-electron chi connectivity index (χ0n) is 22.0. The number of amides is 4. The molecule has 2 unspecified atom stereocenters. The van der Waals surface area contributed by atoms with E-state index < -0.39 is 53.5 Å². The molecule has 11 nitrogen and oxygen atoms in total. The Labute approximate surface area is 212 Å². The minimum Gasteiger partial charge on any atom is -0.468 e. The van der Waals surface area contributed by atoms with Gasteiger partial charge < -0.3 is 30.7 Å². The Morgan fingerprint density at radius 1 is 1.08 bits per heavy atom. The van der Waals surface area contributed by atoms with Gasteiger partial charge in [-0.1, -0.05) is 24.3 Å². The predicted octanol–water partition coefficient (Wildman–Crippen LogP) is 1.72. The van der Waals surface area contributed by atoms with Crippen LogP contribution in [0.3, 0.4) is 0 Å². The van der Waals surface area contributed by atoms with Gasteiger partial charge in [-0.15, -0.1) is 0 Å². The molecule has 0 heterocycles. The van der Waals surface area contributed by atoms with Gasteiger partial charge in [0.1, 0.15) is 24.2 Å². The molecule has 0 bridgehead atoms. The summed E-state index contributed by atoms with van der Waals surface area (Å²) in [6.07, 6.45) is -1.13. The molecule has 0 aliphatic carbocycles. The van der Waals surface area contributed by atoms with Crippen molar-refractivity contribution < 1.29 is 33.4 Å². The molecule has 200 valence electrons. The number of primary amides is 1. The number of hydrogen-bond acceptors (Lipinski definition) is 7. The van der Waals surface area contributed by atoms with E-state index in [9.17, 15) is 24.0 Å². The van der Waals surface area contributed by atoms with E-state index in [2.05, 4.69) is 15.4 Å². The van der Waals surface area contributed by atoms with Gasteiger partial charge in [0.25, 0.3) is 0 Å². The number of nitrogens with two attached hydrogens (primary N) is 1. The van der Waals surface area contributed by atoms with Gasteiger partial charge in [0.2, 0.25) is 17.7 Å². The summed E-state index contributed by atoms with van der Waals surface area (Å²) in [6, 6.07) is 4.18. The lowest BCUT2D eigenvalue weighted by molar-refractivity contribution is -0.146. The first-order chi connectivity index (χ1) is 16.7. The Morgan fingerprint density at radius 3 is 2.19 bits per heavy atom. The number of carbonyl (C=O) groups excluding carboxylic acids is 5. The lowest BCUT2D eigenvalue weighted by Crippen LogP contribution is -2.55. The molecule has 0 aromatic heterocycles. The summed E-state index contributed by atoms with van der Waals surface area (Å²) in [6.45, 7) is 9.86. The third kappa shape index (κ3) is 9.55. The molecule has 0 fully saturated rings. The smallest absolute Gasteiger partial charge is 0.408 e. The number of ether oxygens (including phenoxy) is 2. The number of benzene rings is 1. The summed E-state index contributed by atoms with van der Waals surface area (Å²) in [5, 5.41) is 5.03. The summed E-state index contributed by atoms with van der Waals surface area (Å²) in [5.41, 5.74) is 5.74. The average Bonchev–Trinajstić information content (AvgIpc) is 2.76. The highest BCUT2D eigenvalue weighted by molar-refractivity contribution is 5.93. The molecule has 2 atom stereocenters. The maximum atomic E-state index is 13.9. The summed E-state index contributed by atoms with van der Waals surface area (Å²) in [4.78, 5) is 64.2. The summed E-state index contributed by atoms with van der Waals surface area (Å²) in [5.74, 6) is -2.53. The van der Waals surface area contributed by atoms with Gasteiger partial charge in [-0.3, -0.25) is 19.2 Å². The van der Waals surface area contributed by atoms with E-state index in [0.717, 1.165) is 5.56 Å². The van der Waals surface area contributed by atoms with Crippen LogP contribution < -0.4 is 16.4 Å². The predicted molar refractivity (Wildman–Crippen MR) is 133 cm³/mol. The summed E-state index contributed by atoms with van der Waals surface area (Å²) < 4.78 is 9.89. The molecule has 11 heteroatoms. The van der Waals surface area contributed by atoms with E-state index >= 15 is 0 Å². The van der Waals surface area contributed by atoms with Crippen molar-refractivity contribution in [1.29, 1.82) is 0 Å². The second-order valence-electron chi connectivity index (χ2n) is 9.60. The van der Waals surface area contributed by atoms with Crippen molar-refractivity contribution in [3.63, 3.8) is 0 Å². The number of aryl methyl sites for hydroxylation is 1. The van der Waals surface area contributed by atoms with Crippen LogP contribution in [0.15, 0.2) is 24.3 Å². The highest BCUT2D eigenvalue weighted by atomic mass is 16.6. The third-order valence-electron chi connectivity index (χ3n) is 5.12. The van der Waals surface area contributed by atoms with E-state index in [4.69, 9.17) is 10.5 Å². The highest BCUT2D eigenvalue weighted by Crippen LogP contribution is 2.28. The van der Waals surface area contributed by atoms with Gasteiger partial charge in [0, 0.05) is 12.5 Å². The third-order valence-corrected chi connectivity index (χ3v) is 5.12. The van der Waals surface area contributed by atoms with Crippen molar-refractivity contribution >= 4 is 29.8 Å². The monoisotopic (exact) mass is 506 g/mol. The Hall–Kier alpha value is -3.63. The molecule has 4 amide bonds. The SMILES string of the molecule is COC(=O)CNC(=O)C(c1ccccc1C)N(C(=O)C(CCC(N)=O)NC(=O)OC(C)(C)C)C(C)C. The standard InChI is InChI=1S/C25H38N4O7/c1-15(2)29(23(33)18(12-13-19(26)30)28-24(34)36-25(4,5)6)21(17-11-9-8-10-16(17)3)22(32)27-14-20(31)35-7/h8-11,15,18,21H,12-14H2,1-7H3,(H2,26,30)(H,27,32)(H,28,34). The van der Waals surface area contributed by atoms with E-state index in [1.165, 1.54) is 12.0 Å². The molecule has 1 aromatic rings. The van der Waals surface area contributed by atoms with E-state index in [1.54, 1.807) is 65.8 Å². The van der Waals surface area contributed by atoms with E-state index in [0.29, 0.717) is 5.56 Å². The normalized spacial score (nSPS) is 12.8. The molecule has 4 N–H and O–H groups in total. The quantitative estimate of drug-likeness (QED) is 0.386. The van der Waals surface area contributed by atoms with E-state index in [-0.39, 0.29) is 19.4 Å². The molecular weight excluding hydrogens is 468 g/mol. The molecular formula is C25H38N4O7. The average molecular weight is 507 g/mol. The van der Waals surface area contributed by atoms with Crippen molar-refractivity contribution in [2.24, 2.45) is 5.73 Å². The van der Waals surface area contributed by atoms with Crippen molar-refractivity contribution in [3.05, 3.63) is 35.4 Å². The van der Waals surface area contributed by atoms with Gasteiger partial charge in [0.15, 0.2) is 0 Å². The van der Waals surface area contributed by atoms with Crippen LogP contribution in [-0.4, -0.2) is 66.0 Å². The van der Waals surface area contributed by atoms with Crippen LogP contribution in [0.1, 0.15) is 64.6 Å². The van der Waals surface area contributed by atoms with Crippen LogP contribution >= 0.6 is 0 Å². The van der Waals surface area contributed by atoms with Gasteiger partial charge in [0.05, 0.1) is 7.11 Å². The summed E-state index contributed by atoms with van der Waals surface area (Å²) >= 11 is 0. The van der Waals surface area contributed by atoms with Crippen molar-refractivity contribution in [3.8, 4) is 0 Å². The van der Waals surface area contributed by atoms with Gasteiger partial charge in [-0.25, -0.2) is 4.79 Å². The molecule has 0 saturated heterocycles. The minimum absolute atomic E-state index is 0.0963. The molecule has 0 spiro atoms. The number of esters is 1. The second kappa shape index (κ2) is 13.5. The molecule has 0 aliphatic heterocycles. The Morgan fingerprint density at radius 2 is 1.69 bits per heavy atom. The first-order valence-corrected chi connectivity index (χ1v) is 11.7. The number of methoxy groups -OCH3 is 1. The van der Waals surface area contributed by atoms with Gasteiger partial charge >= 0.3 is 12.1 Å².